The summed E-state index contributed by atoms with van der Waals surface area (Å²) >= 11 is 5.03. The number of hydrogen-bond donors (Lipinski definition) is 2. The summed E-state index contributed by atoms with van der Waals surface area (Å²) in [5.41, 5.74) is 5.79. The molecule has 0 fully saturated rings. The number of Topliss-reactive ketones (excluding diaryl/α,β-unsaturated/α-hetero) is 1. The van der Waals surface area contributed by atoms with Gasteiger partial charge in [-0.05, 0) is 37.5 Å². The number of carbonyl (C=O) groups excluding carboxylic acids is 1. The molecular formula is C17H20N4OS. The number of nitrogens with one attached hydrogen (secondary N) is 2. The molecule has 2 N–H and O–H groups in total. The van der Waals surface area contributed by atoms with Gasteiger partial charge in [0, 0.05) is 48.4 Å². The molecule has 0 aliphatic heterocycles. The lowest BCUT2D eigenvalue weighted by Crippen LogP contribution is -2.34. The van der Waals surface area contributed by atoms with Crippen LogP contribution in [0.1, 0.15) is 28.9 Å². The first kappa shape index (κ1) is 15.7. The van der Waals surface area contributed by atoms with Gasteiger partial charge in [0.15, 0.2) is 10.9 Å². The Kier molecular flexibility index (Phi) is 4.43. The van der Waals surface area contributed by atoms with E-state index in [9.17, 15) is 4.79 Å². The van der Waals surface area contributed by atoms with Crippen LogP contribution in [0.3, 0.4) is 0 Å². The highest BCUT2D eigenvalue weighted by atomic mass is 32.1. The second-order valence-electron chi connectivity index (χ2n) is 5.81. The summed E-state index contributed by atoms with van der Waals surface area (Å²) in [5.74, 6) is 0.297. The Labute approximate surface area is 140 Å². The minimum atomic E-state index is 0.0419. The maximum Gasteiger partial charge on any atom is 0.186 e. The number of aryl methyl sites for hydroxylation is 1. The van der Waals surface area contributed by atoms with E-state index in [1.807, 2.05) is 25.2 Å². The van der Waals surface area contributed by atoms with Crippen molar-refractivity contribution < 1.29 is 4.79 Å². The summed E-state index contributed by atoms with van der Waals surface area (Å²) in [5, 5.41) is 8.07. The zero-order chi connectivity index (χ0) is 16.4. The topological polar surface area (TPSA) is 58.4 Å². The molecule has 3 rings (SSSR count). The van der Waals surface area contributed by atoms with Gasteiger partial charge < -0.3 is 9.88 Å². The van der Waals surface area contributed by atoms with Gasteiger partial charge in [0.2, 0.25) is 0 Å². The van der Waals surface area contributed by atoms with Gasteiger partial charge in [-0.2, -0.15) is 5.10 Å². The van der Waals surface area contributed by atoms with E-state index in [0.29, 0.717) is 11.7 Å². The fourth-order valence-electron chi connectivity index (χ4n) is 3.41. The van der Waals surface area contributed by atoms with Crippen molar-refractivity contribution in [3.8, 4) is 0 Å². The van der Waals surface area contributed by atoms with Gasteiger partial charge in [0.25, 0.3) is 0 Å². The molecule has 1 aliphatic rings. The number of nitrogens with zero attached hydrogens (tertiary/aromatic N) is 2. The van der Waals surface area contributed by atoms with Crippen molar-refractivity contribution in [1.82, 2.24) is 15.3 Å². The zero-order valence-corrected chi connectivity index (χ0v) is 13.9. The molecule has 120 valence electrons. The molecule has 0 radical (unpaired) electrons. The average Bonchev–Trinajstić information content (AvgIpc) is 2.84. The molecule has 1 aliphatic carbocycles. The molecule has 1 aromatic heterocycles. The molecule has 5 nitrogen and oxygen atoms in total. The zero-order valence-electron chi connectivity index (χ0n) is 13.1. The molecule has 23 heavy (non-hydrogen) atoms. The van der Waals surface area contributed by atoms with Crippen molar-refractivity contribution in [1.29, 1.82) is 0 Å². The highest BCUT2D eigenvalue weighted by Crippen LogP contribution is 2.34. The number of para-hydroxylation sites is 1. The number of rotatable bonds is 4. The van der Waals surface area contributed by atoms with Crippen LogP contribution in [0.5, 0.6) is 0 Å². The van der Waals surface area contributed by atoms with Crippen molar-refractivity contribution in [2.45, 2.75) is 19.3 Å². The van der Waals surface area contributed by atoms with E-state index in [1.165, 1.54) is 0 Å². The standard InChI is InChI=1S/C17H20N4OS/c1-18-20-17(23)19-10-9-11-7-8-14-15(16(11)22)12-5-3-4-6-13(12)21(14)2/h3-6,11H,1,7-10H2,2H3,(H2,19,20,23). The van der Waals surface area contributed by atoms with Gasteiger partial charge in [-0.15, -0.1) is 0 Å². The highest BCUT2D eigenvalue weighted by molar-refractivity contribution is 7.80. The molecule has 6 heteroatoms. The number of benzene rings is 1. The minimum absolute atomic E-state index is 0.0419. The maximum absolute atomic E-state index is 12.9. The lowest BCUT2D eigenvalue weighted by molar-refractivity contribution is 0.0896. The molecule has 0 bridgehead atoms. The second-order valence-corrected chi connectivity index (χ2v) is 6.22. The smallest absolute Gasteiger partial charge is 0.186 e. The van der Waals surface area contributed by atoms with Gasteiger partial charge in [-0.25, -0.2) is 0 Å². The van der Waals surface area contributed by atoms with Crippen LogP contribution in [0, 0.1) is 5.92 Å². The van der Waals surface area contributed by atoms with Crippen molar-refractivity contribution in [2.24, 2.45) is 18.1 Å². The van der Waals surface area contributed by atoms with Crippen LogP contribution in [0.25, 0.3) is 10.9 Å². The molecule has 0 saturated heterocycles. The summed E-state index contributed by atoms with van der Waals surface area (Å²) in [6.07, 6.45) is 2.59. The molecule has 2 aromatic rings. The van der Waals surface area contributed by atoms with E-state index >= 15 is 0 Å². The number of carbonyl (C=O) groups is 1. The summed E-state index contributed by atoms with van der Waals surface area (Å²) in [6, 6.07) is 8.13. The van der Waals surface area contributed by atoms with Crippen LogP contribution < -0.4 is 10.7 Å². The molecule has 0 saturated carbocycles. The van der Waals surface area contributed by atoms with Crippen molar-refractivity contribution in [3.63, 3.8) is 0 Å². The van der Waals surface area contributed by atoms with Crippen LogP contribution in [0.4, 0.5) is 0 Å². The first-order chi connectivity index (χ1) is 11.1. The molecule has 1 heterocycles. The predicted octanol–water partition coefficient (Wildman–Crippen LogP) is 2.39. The van der Waals surface area contributed by atoms with E-state index in [0.717, 1.165) is 41.4 Å². The van der Waals surface area contributed by atoms with Crippen LogP contribution in [-0.4, -0.2) is 28.7 Å². The van der Waals surface area contributed by atoms with Gasteiger partial charge in [-0.3, -0.25) is 10.2 Å². The van der Waals surface area contributed by atoms with Gasteiger partial charge in [-0.1, -0.05) is 18.2 Å². The van der Waals surface area contributed by atoms with Gasteiger partial charge in [0.05, 0.1) is 0 Å². The first-order valence-electron chi connectivity index (χ1n) is 7.73. The quantitative estimate of drug-likeness (QED) is 0.514. The predicted molar refractivity (Wildman–Crippen MR) is 97.0 cm³/mol. The number of fused-ring (bicyclic) bond motifs is 3. The minimum Gasteiger partial charge on any atom is -0.361 e. The molecule has 1 atom stereocenters. The third-order valence-corrected chi connectivity index (χ3v) is 4.77. The normalized spacial score (nSPS) is 16.9. The SMILES string of the molecule is C=NNC(=S)NCCC1CCc2c(c3ccccc3n2C)C1=O. The highest BCUT2D eigenvalue weighted by Gasteiger charge is 2.31. The molecule has 0 amide bonds. The Morgan fingerprint density at radius 3 is 3.04 bits per heavy atom. The Hall–Kier alpha value is -2.21. The summed E-state index contributed by atoms with van der Waals surface area (Å²) < 4.78 is 2.16. The van der Waals surface area contributed by atoms with E-state index in [1.54, 1.807) is 0 Å². The van der Waals surface area contributed by atoms with E-state index in [2.05, 4.69) is 33.2 Å². The molecule has 1 unspecified atom stereocenters. The average molecular weight is 328 g/mol. The van der Waals surface area contributed by atoms with Crippen LogP contribution in [0.15, 0.2) is 29.4 Å². The Balaban J connectivity index is 1.77. The van der Waals surface area contributed by atoms with Crippen molar-refractivity contribution in [3.05, 3.63) is 35.5 Å². The van der Waals surface area contributed by atoms with Crippen LogP contribution in [-0.2, 0) is 13.5 Å². The van der Waals surface area contributed by atoms with E-state index in [4.69, 9.17) is 12.2 Å². The van der Waals surface area contributed by atoms with Gasteiger partial charge >= 0.3 is 0 Å². The molecule has 0 spiro atoms. The lowest BCUT2D eigenvalue weighted by Gasteiger charge is -2.22. The fourth-order valence-corrected chi connectivity index (χ4v) is 3.57. The van der Waals surface area contributed by atoms with E-state index < -0.39 is 0 Å². The fraction of sp³-hybridized carbons (Fsp3) is 0.353. The number of thiocarbonyl (C=S) groups is 1. The molecular weight excluding hydrogens is 308 g/mol. The van der Waals surface area contributed by atoms with Crippen molar-refractivity contribution >= 4 is 40.7 Å². The van der Waals surface area contributed by atoms with E-state index in [-0.39, 0.29) is 11.7 Å². The Morgan fingerprint density at radius 1 is 1.48 bits per heavy atom. The van der Waals surface area contributed by atoms with Gasteiger partial charge in [0.1, 0.15) is 0 Å². The Morgan fingerprint density at radius 2 is 2.26 bits per heavy atom. The monoisotopic (exact) mass is 328 g/mol. The number of ketones is 1. The molecule has 1 aromatic carbocycles. The lowest BCUT2D eigenvalue weighted by atomic mass is 9.83. The summed E-state index contributed by atoms with van der Waals surface area (Å²) in [4.78, 5) is 12.9. The third-order valence-electron chi connectivity index (χ3n) is 4.53. The number of aromatic nitrogens is 1. The first-order valence-corrected chi connectivity index (χ1v) is 8.14. The maximum atomic E-state index is 12.9. The summed E-state index contributed by atoms with van der Waals surface area (Å²) in [7, 11) is 2.04. The third kappa shape index (κ3) is 2.86. The largest absolute Gasteiger partial charge is 0.361 e. The number of hydrazone groups is 1. The number of hydrogen-bond acceptors (Lipinski definition) is 3. The summed E-state index contributed by atoms with van der Waals surface area (Å²) in [6.45, 7) is 3.97. The second kappa shape index (κ2) is 6.50. The Bertz CT molecular complexity index is 780. The van der Waals surface area contributed by atoms with Crippen LogP contribution >= 0.6 is 12.2 Å². The van der Waals surface area contributed by atoms with Crippen molar-refractivity contribution in [2.75, 3.05) is 6.54 Å². The van der Waals surface area contributed by atoms with Crippen LogP contribution in [0.2, 0.25) is 0 Å².